The zero-order valence-electron chi connectivity index (χ0n) is 13.5. The summed E-state index contributed by atoms with van der Waals surface area (Å²) in [5.41, 5.74) is 2.71. The van der Waals surface area contributed by atoms with E-state index in [9.17, 15) is 0 Å². The molecule has 1 unspecified atom stereocenters. The number of halogens is 1. The van der Waals surface area contributed by atoms with Crippen molar-refractivity contribution in [3.8, 4) is 5.75 Å². The van der Waals surface area contributed by atoms with E-state index in [1.807, 2.05) is 12.1 Å². The minimum atomic E-state index is 0.556. The molecule has 0 bridgehead atoms. The van der Waals surface area contributed by atoms with Gasteiger partial charge in [-0.05, 0) is 57.9 Å². The van der Waals surface area contributed by atoms with Gasteiger partial charge in [0.25, 0.3) is 0 Å². The average molecular weight is 308 g/mol. The number of rotatable bonds is 4. The fourth-order valence-electron chi connectivity index (χ4n) is 2.99. The molecule has 1 aromatic rings. The zero-order valence-corrected chi connectivity index (χ0v) is 14.3. The van der Waals surface area contributed by atoms with Crippen molar-refractivity contribution in [2.45, 2.75) is 51.6 Å². The Hall–Kier alpha value is -0.990. The van der Waals surface area contributed by atoms with Crippen molar-refractivity contribution in [3.63, 3.8) is 0 Å². The molecule has 1 aromatic carbocycles. The number of likely N-dealkylation sites (N-methyl/N-ethyl adjacent to an activating group) is 1. The van der Waals surface area contributed by atoms with Crippen LogP contribution >= 0.6 is 11.6 Å². The van der Waals surface area contributed by atoms with Gasteiger partial charge in [0, 0.05) is 12.1 Å². The highest BCUT2D eigenvalue weighted by atomic mass is 35.5. The van der Waals surface area contributed by atoms with Gasteiger partial charge < -0.3 is 4.74 Å². The van der Waals surface area contributed by atoms with Gasteiger partial charge in [-0.25, -0.2) is 0 Å². The first-order valence-electron chi connectivity index (χ1n) is 7.79. The summed E-state index contributed by atoms with van der Waals surface area (Å²) in [6.45, 7) is 4.52. The van der Waals surface area contributed by atoms with Crippen molar-refractivity contribution in [3.05, 3.63) is 34.4 Å². The van der Waals surface area contributed by atoms with E-state index in [1.54, 1.807) is 7.11 Å². The lowest BCUT2D eigenvalue weighted by molar-refractivity contribution is 0.195. The van der Waals surface area contributed by atoms with Crippen molar-refractivity contribution in [1.29, 1.82) is 0 Å². The molecule has 1 aliphatic carbocycles. The van der Waals surface area contributed by atoms with Crippen LogP contribution in [0.5, 0.6) is 5.75 Å². The molecule has 0 aliphatic heterocycles. The van der Waals surface area contributed by atoms with Gasteiger partial charge in [0.15, 0.2) is 0 Å². The van der Waals surface area contributed by atoms with Crippen molar-refractivity contribution >= 4 is 17.7 Å². The van der Waals surface area contributed by atoms with E-state index in [4.69, 9.17) is 16.3 Å². The van der Waals surface area contributed by atoms with Crippen molar-refractivity contribution < 1.29 is 4.74 Å². The minimum absolute atomic E-state index is 0.556. The Labute approximate surface area is 133 Å². The van der Waals surface area contributed by atoms with Gasteiger partial charge in [0.1, 0.15) is 5.75 Å². The highest BCUT2D eigenvalue weighted by Gasteiger charge is 2.24. The topological polar surface area (TPSA) is 12.5 Å². The van der Waals surface area contributed by atoms with E-state index in [0.717, 1.165) is 5.75 Å². The number of hydrogen-bond acceptors (Lipinski definition) is 2. The molecule has 0 N–H and O–H groups in total. The first kappa shape index (κ1) is 16.4. The van der Waals surface area contributed by atoms with E-state index >= 15 is 0 Å². The summed E-state index contributed by atoms with van der Waals surface area (Å²) in [5.74, 6) is 0.746. The molecule has 0 radical (unpaired) electrons. The van der Waals surface area contributed by atoms with E-state index in [-0.39, 0.29) is 0 Å². The molecule has 3 heteroatoms. The van der Waals surface area contributed by atoms with Crippen LogP contribution in [0.15, 0.2) is 23.8 Å². The number of hydrogen-bond donors (Lipinski definition) is 0. The molecular weight excluding hydrogens is 282 g/mol. The van der Waals surface area contributed by atoms with Gasteiger partial charge in [-0.3, -0.25) is 4.90 Å². The summed E-state index contributed by atoms with van der Waals surface area (Å²) in [6, 6.07) is 7.13. The normalized spacial score (nSPS) is 21.3. The molecule has 2 rings (SSSR count). The van der Waals surface area contributed by atoms with Gasteiger partial charge in [-0.15, -0.1) is 0 Å². The Morgan fingerprint density at radius 3 is 2.76 bits per heavy atom. The summed E-state index contributed by atoms with van der Waals surface area (Å²) in [5, 5.41) is 0.666. The standard InChI is InChI=1S/C18H26ClNO/c1-13(2)20(3)17-8-6-5-7-15(17)11-14-9-10-16(19)18(12-14)21-4/h9-13,17H,5-8H2,1-4H3. The van der Waals surface area contributed by atoms with Gasteiger partial charge in [-0.1, -0.05) is 35.7 Å². The lowest BCUT2D eigenvalue weighted by atomic mass is 9.87. The smallest absolute Gasteiger partial charge is 0.138 e. The van der Waals surface area contributed by atoms with Crippen LogP contribution in [0.1, 0.15) is 45.1 Å². The Kier molecular flexibility index (Phi) is 5.72. The van der Waals surface area contributed by atoms with E-state index < -0.39 is 0 Å². The predicted molar refractivity (Wildman–Crippen MR) is 91.1 cm³/mol. The molecule has 0 heterocycles. The van der Waals surface area contributed by atoms with Gasteiger partial charge in [0.2, 0.25) is 0 Å². The number of methoxy groups -OCH3 is 1. The molecule has 2 nitrogen and oxygen atoms in total. The predicted octanol–water partition coefficient (Wildman–Crippen LogP) is 5.01. The maximum Gasteiger partial charge on any atom is 0.138 e. The van der Waals surface area contributed by atoms with Gasteiger partial charge in [-0.2, -0.15) is 0 Å². The van der Waals surface area contributed by atoms with Crippen LogP contribution in [0.2, 0.25) is 5.02 Å². The van der Waals surface area contributed by atoms with Crippen LogP contribution in [0.25, 0.3) is 6.08 Å². The number of ether oxygens (including phenoxy) is 1. The highest BCUT2D eigenvalue weighted by molar-refractivity contribution is 6.32. The summed E-state index contributed by atoms with van der Waals surface area (Å²) < 4.78 is 5.32. The van der Waals surface area contributed by atoms with E-state index in [1.165, 1.54) is 36.8 Å². The van der Waals surface area contributed by atoms with Crippen molar-refractivity contribution in [2.24, 2.45) is 0 Å². The molecule has 1 atom stereocenters. The summed E-state index contributed by atoms with van der Waals surface area (Å²) in [6.07, 6.45) is 7.38. The zero-order chi connectivity index (χ0) is 15.4. The molecule has 1 fully saturated rings. The second-order valence-electron chi connectivity index (χ2n) is 6.13. The third kappa shape index (κ3) is 4.02. The fourth-order valence-corrected chi connectivity index (χ4v) is 3.19. The highest BCUT2D eigenvalue weighted by Crippen LogP contribution is 2.32. The molecule has 1 saturated carbocycles. The van der Waals surface area contributed by atoms with Crippen molar-refractivity contribution in [1.82, 2.24) is 4.90 Å². The molecule has 0 saturated heterocycles. The van der Waals surface area contributed by atoms with Crippen LogP contribution in [-0.2, 0) is 0 Å². The molecular formula is C18H26ClNO. The van der Waals surface area contributed by atoms with E-state index in [2.05, 4.69) is 37.9 Å². The number of nitrogens with zero attached hydrogens (tertiary/aromatic N) is 1. The second-order valence-corrected chi connectivity index (χ2v) is 6.54. The first-order valence-corrected chi connectivity index (χ1v) is 8.16. The molecule has 1 aliphatic rings. The maximum atomic E-state index is 6.11. The summed E-state index contributed by atoms with van der Waals surface area (Å²) >= 11 is 6.11. The van der Waals surface area contributed by atoms with Crippen LogP contribution in [0.4, 0.5) is 0 Å². The molecule has 0 aromatic heterocycles. The van der Waals surface area contributed by atoms with Crippen molar-refractivity contribution in [2.75, 3.05) is 14.2 Å². The Balaban J connectivity index is 2.28. The second kappa shape index (κ2) is 7.33. The van der Waals surface area contributed by atoms with Crippen LogP contribution in [0, 0.1) is 0 Å². The van der Waals surface area contributed by atoms with E-state index in [0.29, 0.717) is 17.1 Å². The third-order valence-corrected chi connectivity index (χ3v) is 4.77. The Bertz CT molecular complexity index is 510. The van der Waals surface area contributed by atoms with Gasteiger partial charge >= 0.3 is 0 Å². The van der Waals surface area contributed by atoms with Gasteiger partial charge in [0.05, 0.1) is 12.1 Å². The molecule has 116 valence electrons. The minimum Gasteiger partial charge on any atom is -0.495 e. The third-order valence-electron chi connectivity index (χ3n) is 4.45. The first-order chi connectivity index (χ1) is 10.0. The Morgan fingerprint density at radius 1 is 1.33 bits per heavy atom. The summed E-state index contributed by atoms with van der Waals surface area (Å²) in [4.78, 5) is 2.48. The SMILES string of the molecule is COc1cc(C=C2CCCCC2N(C)C(C)C)ccc1Cl. The fraction of sp³-hybridized carbons (Fsp3) is 0.556. The largest absolute Gasteiger partial charge is 0.495 e. The molecule has 21 heavy (non-hydrogen) atoms. The maximum absolute atomic E-state index is 6.11. The monoisotopic (exact) mass is 307 g/mol. The number of benzene rings is 1. The van der Waals surface area contributed by atoms with Crippen LogP contribution < -0.4 is 4.74 Å². The summed E-state index contributed by atoms with van der Waals surface area (Å²) in [7, 11) is 3.89. The Morgan fingerprint density at radius 2 is 2.10 bits per heavy atom. The van der Waals surface area contributed by atoms with Crippen LogP contribution in [0.3, 0.4) is 0 Å². The lowest BCUT2D eigenvalue weighted by Gasteiger charge is -2.36. The molecule has 0 amide bonds. The quantitative estimate of drug-likeness (QED) is 0.775. The lowest BCUT2D eigenvalue weighted by Crippen LogP contribution is -2.39. The molecule has 0 spiro atoms. The van der Waals surface area contributed by atoms with Crippen LogP contribution in [-0.4, -0.2) is 31.1 Å². The average Bonchev–Trinajstić information content (AvgIpc) is 2.49.